The average Bonchev–Trinajstić information content (AvgIpc) is 3.13. The summed E-state index contributed by atoms with van der Waals surface area (Å²) in [5.41, 5.74) is 4.43. The molecule has 1 saturated heterocycles. The molecule has 3 heterocycles. The molecule has 1 aliphatic rings. The Hall–Kier alpha value is -3.29. The molecule has 138 valence electrons. The number of fused-ring (bicyclic) bond motifs is 1. The number of anilines is 3. The van der Waals surface area contributed by atoms with E-state index in [9.17, 15) is 4.39 Å². The van der Waals surface area contributed by atoms with Crippen LogP contribution in [0.4, 0.5) is 21.7 Å². The molecule has 1 unspecified atom stereocenters. The van der Waals surface area contributed by atoms with E-state index in [1.165, 1.54) is 0 Å². The summed E-state index contributed by atoms with van der Waals surface area (Å²) in [6.45, 7) is 5.01. The van der Waals surface area contributed by atoms with Crippen LogP contribution in [-0.4, -0.2) is 40.9 Å². The Labute approximate surface area is 156 Å². The number of aromatic nitrogens is 3. The van der Waals surface area contributed by atoms with Gasteiger partial charge in [0.1, 0.15) is 17.7 Å². The number of pyridine rings is 1. The zero-order chi connectivity index (χ0) is 18.6. The minimum atomic E-state index is -0.775. The van der Waals surface area contributed by atoms with Gasteiger partial charge in [-0.15, -0.1) is 0 Å². The van der Waals surface area contributed by atoms with Gasteiger partial charge < -0.3 is 10.2 Å². The minimum absolute atomic E-state index is 0.409. The number of hydrogen-bond acceptors (Lipinski definition) is 7. The van der Waals surface area contributed by atoms with Gasteiger partial charge in [-0.05, 0) is 36.1 Å². The Bertz CT molecular complexity index is 962. The van der Waals surface area contributed by atoms with E-state index in [4.69, 9.17) is 0 Å². The number of nitrogens with zero attached hydrogens (tertiary/aromatic N) is 5. The van der Waals surface area contributed by atoms with Gasteiger partial charge in [0.15, 0.2) is 5.82 Å². The lowest BCUT2D eigenvalue weighted by Crippen LogP contribution is -2.21. The quantitative estimate of drug-likeness (QED) is 0.516. The summed E-state index contributed by atoms with van der Waals surface area (Å²) in [6, 6.07) is 8.03. The van der Waals surface area contributed by atoms with E-state index in [0.717, 1.165) is 28.0 Å². The van der Waals surface area contributed by atoms with E-state index in [1.807, 2.05) is 23.1 Å². The first-order valence-electron chi connectivity index (χ1n) is 8.78. The van der Waals surface area contributed by atoms with Gasteiger partial charge in [-0.2, -0.15) is 5.10 Å². The van der Waals surface area contributed by atoms with E-state index < -0.39 is 6.17 Å². The molecular formula is C19H20FN7. The second-order valence-corrected chi connectivity index (χ2v) is 6.38. The van der Waals surface area contributed by atoms with Crippen molar-refractivity contribution in [3.8, 4) is 0 Å². The van der Waals surface area contributed by atoms with Crippen LogP contribution in [0.3, 0.4) is 0 Å². The molecule has 1 atom stereocenters. The van der Waals surface area contributed by atoms with E-state index in [-0.39, 0.29) is 0 Å². The molecule has 3 aromatic rings. The first-order valence-corrected chi connectivity index (χ1v) is 8.78. The van der Waals surface area contributed by atoms with Crippen molar-refractivity contribution in [1.29, 1.82) is 0 Å². The van der Waals surface area contributed by atoms with Crippen LogP contribution in [0, 0.1) is 0 Å². The number of alkyl halides is 1. The Balaban J connectivity index is 1.55. The van der Waals surface area contributed by atoms with Gasteiger partial charge in [0.25, 0.3) is 0 Å². The lowest BCUT2D eigenvalue weighted by molar-refractivity contribution is 0.364. The lowest BCUT2D eigenvalue weighted by Gasteiger charge is -2.18. The maximum atomic E-state index is 13.6. The van der Waals surface area contributed by atoms with Crippen molar-refractivity contribution in [2.24, 2.45) is 5.10 Å². The molecule has 1 aliphatic heterocycles. The Morgan fingerprint density at radius 2 is 2.07 bits per heavy atom. The van der Waals surface area contributed by atoms with Gasteiger partial charge in [-0.25, -0.2) is 14.4 Å². The molecule has 0 amide bonds. The van der Waals surface area contributed by atoms with Gasteiger partial charge in [-0.1, -0.05) is 0 Å². The topological polar surface area (TPSA) is 78.3 Å². The number of benzene rings is 1. The molecule has 1 aromatic carbocycles. The fourth-order valence-corrected chi connectivity index (χ4v) is 3.28. The Kier molecular flexibility index (Phi) is 4.78. The lowest BCUT2D eigenvalue weighted by atomic mass is 10.1. The van der Waals surface area contributed by atoms with Crippen LogP contribution in [0.2, 0.25) is 0 Å². The van der Waals surface area contributed by atoms with Gasteiger partial charge in [-0.3, -0.25) is 10.4 Å². The third-order valence-electron chi connectivity index (χ3n) is 4.59. The minimum Gasteiger partial charge on any atom is -0.379 e. The van der Waals surface area contributed by atoms with Crippen LogP contribution in [0.5, 0.6) is 0 Å². The zero-order valence-corrected chi connectivity index (χ0v) is 14.8. The van der Waals surface area contributed by atoms with Crippen molar-refractivity contribution in [3.05, 3.63) is 48.5 Å². The van der Waals surface area contributed by atoms with Crippen molar-refractivity contribution in [2.75, 3.05) is 28.7 Å². The standard InChI is InChI=1S/C19H20FN7/c1-21-26-18-17(22-7-8-23-18)11-25-15-2-3-16-13(10-15)4-6-24-19(16)27-9-5-14(20)12-27/h2-4,6-8,10,14,25H,1,5,9,11-12H2,(H,23,26). The van der Waals surface area contributed by atoms with Crippen LogP contribution >= 0.6 is 0 Å². The number of rotatable bonds is 6. The van der Waals surface area contributed by atoms with E-state index in [1.54, 1.807) is 18.6 Å². The molecule has 4 rings (SSSR count). The van der Waals surface area contributed by atoms with Crippen molar-refractivity contribution < 1.29 is 4.39 Å². The smallest absolute Gasteiger partial charge is 0.170 e. The summed E-state index contributed by atoms with van der Waals surface area (Å²) in [4.78, 5) is 15.0. The largest absolute Gasteiger partial charge is 0.379 e. The van der Waals surface area contributed by atoms with Crippen LogP contribution in [0.15, 0.2) is 48.0 Å². The van der Waals surface area contributed by atoms with Crippen molar-refractivity contribution >= 4 is 34.8 Å². The summed E-state index contributed by atoms with van der Waals surface area (Å²) < 4.78 is 13.6. The molecule has 7 nitrogen and oxygen atoms in total. The molecule has 1 fully saturated rings. The van der Waals surface area contributed by atoms with Crippen LogP contribution in [0.25, 0.3) is 10.8 Å². The fourth-order valence-electron chi connectivity index (χ4n) is 3.28. The average molecular weight is 365 g/mol. The molecule has 0 saturated carbocycles. The molecular weight excluding hydrogens is 345 g/mol. The second-order valence-electron chi connectivity index (χ2n) is 6.38. The Morgan fingerprint density at radius 3 is 2.89 bits per heavy atom. The fraction of sp³-hybridized carbons (Fsp3) is 0.263. The van der Waals surface area contributed by atoms with Gasteiger partial charge in [0.2, 0.25) is 0 Å². The zero-order valence-electron chi connectivity index (χ0n) is 14.8. The third kappa shape index (κ3) is 3.64. The molecule has 2 aromatic heterocycles. The number of hydrazone groups is 1. The van der Waals surface area contributed by atoms with Crippen LogP contribution in [-0.2, 0) is 6.54 Å². The van der Waals surface area contributed by atoms with Crippen LogP contribution in [0.1, 0.15) is 12.1 Å². The van der Waals surface area contributed by atoms with Crippen molar-refractivity contribution in [1.82, 2.24) is 15.0 Å². The highest BCUT2D eigenvalue weighted by Gasteiger charge is 2.24. The number of nitrogens with one attached hydrogen (secondary N) is 2. The third-order valence-corrected chi connectivity index (χ3v) is 4.59. The molecule has 0 bridgehead atoms. The summed E-state index contributed by atoms with van der Waals surface area (Å²) >= 11 is 0. The Morgan fingerprint density at radius 1 is 1.19 bits per heavy atom. The predicted octanol–water partition coefficient (Wildman–Crippen LogP) is 3.21. The SMILES string of the molecule is C=NNc1nccnc1CNc1ccc2c(N3CCC(F)C3)nccc2c1. The second kappa shape index (κ2) is 7.53. The molecule has 0 radical (unpaired) electrons. The van der Waals surface area contributed by atoms with Gasteiger partial charge >= 0.3 is 0 Å². The van der Waals surface area contributed by atoms with Crippen LogP contribution < -0.4 is 15.6 Å². The molecule has 27 heavy (non-hydrogen) atoms. The van der Waals surface area contributed by atoms with E-state index in [0.29, 0.717) is 31.9 Å². The van der Waals surface area contributed by atoms with Crippen molar-refractivity contribution in [3.63, 3.8) is 0 Å². The first-order chi connectivity index (χ1) is 13.2. The normalized spacial score (nSPS) is 16.5. The summed E-state index contributed by atoms with van der Waals surface area (Å²) in [5, 5.41) is 9.07. The predicted molar refractivity (Wildman–Crippen MR) is 106 cm³/mol. The van der Waals surface area contributed by atoms with Gasteiger partial charge in [0, 0.05) is 42.9 Å². The highest BCUT2D eigenvalue weighted by atomic mass is 19.1. The van der Waals surface area contributed by atoms with E-state index >= 15 is 0 Å². The molecule has 2 N–H and O–H groups in total. The summed E-state index contributed by atoms with van der Waals surface area (Å²) in [5.74, 6) is 1.42. The van der Waals surface area contributed by atoms with Crippen molar-refractivity contribution in [2.45, 2.75) is 19.1 Å². The molecule has 0 aliphatic carbocycles. The highest BCUT2D eigenvalue weighted by molar-refractivity contribution is 5.94. The first kappa shape index (κ1) is 17.1. The molecule has 0 spiro atoms. The van der Waals surface area contributed by atoms with E-state index in [2.05, 4.69) is 43.6 Å². The molecule has 8 heteroatoms. The maximum Gasteiger partial charge on any atom is 0.170 e. The summed E-state index contributed by atoms with van der Waals surface area (Å²) in [6.07, 6.45) is 4.79. The number of hydrogen-bond donors (Lipinski definition) is 2. The summed E-state index contributed by atoms with van der Waals surface area (Å²) in [7, 11) is 0. The number of halogens is 1. The van der Waals surface area contributed by atoms with Gasteiger partial charge in [0.05, 0.1) is 13.1 Å². The monoisotopic (exact) mass is 365 g/mol. The maximum absolute atomic E-state index is 13.6. The highest BCUT2D eigenvalue weighted by Crippen LogP contribution is 2.29.